The van der Waals surface area contributed by atoms with Crippen LogP contribution in [0, 0.1) is 5.82 Å². The van der Waals surface area contributed by atoms with Gasteiger partial charge < -0.3 is 10.1 Å². The van der Waals surface area contributed by atoms with Crippen molar-refractivity contribution in [3.05, 3.63) is 34.1 Å². The summed E-state index contributed by atoms with van der Waals surface area (Å²) >= 11 is 3.31. The maximum absolute atomic E-state index is 14.2. The predicted molar refractivity (Wildman–Crippen MR) is 88.1 cm³/mol. The molecule has 21 heavy (non-hydrogen) atoms. The fourth-order valence-electron chi connectivity index (χ4n) is 3.45. The fraction of sp³-hybridized carbons (Fsp3) is 0.647. The van der Waals surface area contributed by atoms with E-state index in [4.69, 9.17) is 4.74 Å². The minimum Gasteiger partial charge on any atom is -0.374 e. The first-order valence-electron chi connectivity index (χ1n) is 7.92. The van der Waals surface area contributed by atoms with E-state index < -0.39 is 0 Å². The summed E-state index contributed by atoms with van der Waals surface area (Å²) in [6, 6.07) is 5.49. The first-order valence-corrected chi connectivity index (χ1v) is 8.72. The van der Waals surface area contributed by atoms with Gasteiger partial charge in [-0.05, 0) is 50.4 Å². The lowest BCUT2D eigenvalue weighted by atomic mass is 9.87. The van der Waals surface area contributed by atoms with Crippen molar-refractivity contribution < 1.29 is 9.13 Å². The van der Waals surface area contributed by atoms with Gasteiger partial charge in [-0.25, -0.2) is 4.39 Å². The summed E-state index contributed by atoms with van der Waals surface area (Å²) in [5, 5.41) is 3.54. The molecule has 0 aliphatic heterocycles. The van der Waals surface area contributed by atoms with Crippen LogP contribution in [0.15, 0.2) is 22.7 Å². The largest absolute Gasteiger partial charge is 0.374 e. The standard InChI is InChI=1S/C17H25BrFNO/c1-3-20-16(17(21-4-2)9-5-6-10-17)11-13-7-8-14(18)12-15(13)19/h7-8,12,16,20H,3-6,9-11H2,1-2H3. The second-order valence-electron chi connectivity index (χ2n) is 5.76. The van der Waals surface area contributed by atoms with Gasteiger partial charge in [-0.3, -0.25) is 0 Å². The van der Waals surface area contributed by atoms with Crippen LogP contribution in [-0.4, -0.2) is 24.8 Å². The van der Waals surface area contributed by atoms with Gasteiger partial charge in [0.25, 0.3) is 0 Å². The molecule has 0 radical (unpaired) electrons. The van der Waals surface area contributed by atoms with Crippen molar-refractivity contribution >= 4 is 15.9 Å². The maximum Gasteiger partial charge on any atom is 0.127 e. The van der Waals surface area contributed by atoms with Gasteiger partial charge in [0, 0.05) is 17.1 Å². The third-order valence-electron chi connectivity index (χ3n) is 4.41. The second kappa shape index (κ2) is 7.70. The van der Waals surface area contributed by atoms with Crippen molar-refractivity contribution in [1.82, 2.24) is 5.32 Å². The molecule has 0 heterocycles. The highest BCUT2D eigenvalue weighted by Crippen LogP contribution is 2.37. The number of ether oxygens (including phenoxy) is 1. The van der Waals surface area contributed by atoms with Gasteiger partial charge in [0.1, 0.15) is 5.82 Å². The highest BCUT2D eigenvalue weighted by atomic mass is 79.9. The van der Waals surface area contributed by atoms with Crippen molar-refractivity contribution in [1.29, 1.82) is 0 Å². The van der Waals surface area contributed by atoms with E-state index in [-0.39, 0.29) is 17.5 Å². The van der Waals surface area contributed by atoms with Crippen molar-refractivity contribution in [3.8, 4) is 0 Å². The van der Waals surface area contributed by atoms with Crippen LogP contribution in [0.25, 0.3) is 0 Å². The maximum atomic E-state index is 14.2. The van der Waals surface area contributed by atoms with Crippen LogP contribution in [0.5, 0.6) is 0 Å². The number of likely N-dealkylation sites (N-methyl/N-ethyl adjacent to an activating group) is 1. The highest BCUT2D eigenvalue weighted by molar-refractivity contribution is 9.10. The Bertz CT molecular complexity index is 460. The summed E-state index contributed by atoms with van der Waals surface area (Å²) < 4.78 is 21.1. The number of hydrogen-bond donors (Lipinski definition) is 1. The lowest BCUT2D eigenvalue weighted by Crippen LogP contribution is -2.52. The molecule has 1 aromatic rings. The normalized spacial score (nSPS) is 18.9. The first-order chi connectivity index (χ1) is 10.1. The number of halogens is 2. The summed E-state index contributed by atoms with van der Waals surface area (Å²) in [6.45, 7) is 5.73. The van der Waals surface area contributed by atoms with E-state index in [1.807, 2.05) is 19.1 Å². The lowest BCUT2D eigenvalue weighted by Gasteiger charge is -2.38. The first kappa shape index (κ1) is 16.9. The second-order valence-corrected chi connectivity index (χ2v) is 6.67. The van der Waals surface area contributed by atoms with E-state index in [1.54, 1.807) is 6.07 Å². The van der Waals surface area contributed by atoms with E-state index in [1.165, 1.54) is 12.8 Å². The summed E-state index contributed by atoms with van der Waals surface area (Å²) in [6.07, 6.45) is 5.20. The number of nitrogens with one attached hydrogen (secondary N) is 1. The molecule has 4 heteroatoms. The van der Waals surface area contributed by atoms with Crippen LogP contribution >= 0.6 is 15.9 Å². The minimum atomic E-state index is -0.142. The highest BCUT2D eigenvalue weighted by Gasteiger charge is 2.41. The van der Waals surface area contributed by atoms with Gasteiger partial charge in [0.05, 0.1) is 5.60 Å². The molecule has 1 aliphatic rings. The van der Waals surface area contributed by atoms with Gasteiger partial charge >= 0.3 is 0 Å². The average Bonchev–Trinajstić information content (AvgIpc) is 2.91. The van der Waals surface area contributed by atoms with Crippen LogP contribution in [0.2, 0.25) is 0 Å². The SMILES string of the molecule is CCNC(Cc1ccc(Br)cc1F)C1(OCC)CCCC1. The Balaban J connectivity index is 2.21. The molecule has 1 fully saturated rings. The van der Waals surface area contributed by atoms with Gasteiger partial charge in [-0.1, -0.05) is 41.8 Å². The Morgan fingerprint density at radius 3 is 2.62 bits per heavy atom. The van der Waals surface area contributed by atoms with Crippen LogP contribution in [-0.2, 0) is 11.2 Å². The average molecular weight is 358 g/mol. The number of benzene rings is 1. The molecular formula is C17H25BrFNO. The molecule has 0 saturated heterocycles. The molecule has 1 aliphatic carbocycles. The molecular weight excluding hydrogens is 333 g/mol. The number of rotatable bonds is 7. The Kier molecular flexibility index (Phi) is 6.20. The zero-order valence-electron chi connectivity index (χ0n) is 12.9. The van der Waals surface area contributed by atoms with Crippen LogP contribution in [0.1, 0.15) is 45.1 Å². The van der Waals surface area contributed by atoms with Crippen molar-refractivity contribution in [2.75, 3.05) is 13.2 Å². The minimum absolute atomic E-state index is 0.135. The third-order valence-corrected chi connectivity index (χ3v) is 4.90. The molecule has 1 saturated carbocycles. The Labute approximate surface area is 135 Å². The summed E-state index contributed by atoms with van der Waals surface area (Å²) in [5.41, 5.74) is 0.625. The topological polar surface area (TPSA) is 21.3 Å². The summed E-state index contributed by atoms with van der Waals surface area (Å²) in [7, 11) is 0. The third kappa shape index (κ3) is 4.05. The quantitative estimate of drug-likeness (QED) is 0.777. The molecule has 1 atom stereocenters. The van der Waals surface area contributed by atoms with Crippen molar-refractivity contribution in [3.63, 3.8) is 0 Å². The molecule has 0 amide bonds. The summed E-state index contributed by atoms with van der Waals surface area (Å²) in [4.78, 5) is 0. The van der Waals surface area contributed by atoms with Crippen LogP contribution < -0.4 is 5.32 Å². The summed E-state index contributed by atoms with van der Waals surface area (Å²) in [5.74, 6) is -0.142. The zero-order valence-corrected chi connectivity index (χ0v) is 14.5. The molecule has 0 bridgehead atoms. The lowest BCUT2D eigenvalue weighted by molar-refractivity contribution is -0.0610. The van der Waals surface area contributed by atoms with E-state index in [0.29, 0.717) is 13.0 Å². The van der Waals surface area contributed by atoms with E-state index >= 15 is 0 Å². The van der Waals surface area contributed by atoms with E-state index in [0.717, 1.165) is 29.4 Å². The molecule has 2 rings (SSSR count). The fourth-order valence-corrected chi connectivity index (χ4v) is 3.79. The van der Waals surface area contributed by atoms with Crippen molar-refractivity contribution in [2.24, 2.45) is 0 Å². The molecule has 118 valence electrons. The molecule has 1 N–H and O–H groups in total. The Hall–Kier alpha value is -0.450. The monoisotopic (exact) mass is 357 g/mol. The Morgan fingerprint density at radius 1 is 1.33 bits per heavy atom. The molecule has 0 aromatic heterocycles. The number of hydrogen-bond acceptors (Lipinski definition) is 2. The smallest absolute Gasteiger partial charge is 0.127 e. The predicted octanol–water partition coefficient (Wildman–Crippen LogP) is 4.46. The molecule has 2 nitrogen and oxygen atoms in total. The van der Waals surface area contributed by atoms with Gasteiger partial charge in [0.2, 0.25) is 0 Å². The molecule has 1 unspecified atom stereocenters. The zero-order chi connectivity index (χ0) is 15.3. The van der Waals surface area contributed by atoms with Gasteiger partial charge in [-0.15, -0.1) is 0 Å². The van der Waals surface area contributed by atoms with Gasteiger partial charge in [0.15, 0.2) is 0 Å². The van der Waals surface area contributed by atoms with E-state index in [2.05, 4.69) is 28.2 Å². The van der Waals surface area contributed by atoms with Gasteiger partial charge in [-0.2, -0.15) is 0 Å². The Morgan fingerprint density at radius 2 is 2.05 bits per heavy atom. The molecule has 0 spiro atoms. The molecule has 1 aromatic carbocycles. The van der Waals surface area contributed by atoms with Crippen LogP contribution in [0.3, 0.4) is 0 Å². The van der Waals surface area contributed by atoms with Crippen molar-refractivity contribution in [2.45, 2.75) is 57.6 Å². The van der Waals surface area contributed by atoms with E-state index in [9.17, 15) is 4.39 Å². The van der Waals surface area contributed by atoms with Crippen LogP contribution in [0.4, 0.5) is 4.39 Å².